The van der Waals surface area contributed by atoms with Gasteiger partial charge in [-0.15, -0.1) is 17.9 Å². The Morgan fingerprint density at radius 1 is 1.67 bits per heavy atom. The molecule has 1 amide bonds. The maximum Gasteiger partial charge on any atom is 0.264 e. The lowest BCUT2D eigenvalue weighted by molar-refractivity contribution is 0.0747. The molecule has 0 aliphatic heterocycles. The molecule has 0 saturated carbocycles. The Balaban J connectivity index is 2.75. The quantitative estimate of drug-likeness (QED) is 0.774. The van der Waals surface area contributed by atoms with Crippen molar-refractivity contribution in [2.45, 2.75) is 6.92 Å². The number of nitrogens with zero attached hydrogens (tertiary/aromatic N) is 1. The summed E-state index contributed by atoms with van der Waals surface area (Å²) in [4.78, 5) is 15.3. The Morgan fingerprint density at radius 2 is 2.40 bits per heavy atom. The summed E-state index contributed by atoms with van der Waals surface area (Å²) in [6, 6.07) is 3.73. The smallest absolute Gasteiger partial charge is 0.264 e. The molecule has 3 nitrogen and oxygen atoms in total. The molecule has 0 spiro atoms. The number of carbonyl (C=O) groups is 1. The molecular weight excluding hydrogens is 210 g/mol. The normalized spacial score (nSPS) is 10.0. The van der Waals surface area contributed by atoms with Crippen molar-refractivity contribution >= 4 is 17.2 Å². The molecule has 1 N–H and O–H groups in total. The summed E-state index contributed by atoms with van der Waals surface area (Å²) < 4.78 is 0. The van der Waals surface area contributed by atoms with Gasteiger partial charge in [0.05, 0.1) is 11.5 Å². The van der Waals surface area contributed by atoms with Crippen LogP contribution in [0.1, 0.15) is 14.5 Å². The van der Waals surface area contributed by atoms with Gasteiger partial charge < -0.3 is 10.0 Å². The van der Waals surface area contributed by atoms with Crippen molar-refractivity contribution < 1.29 is 9.90 Å². The number of aliphatic hydroxyl groups is 1. The third kappa shape index (κ3) is 3.18. The van der Waals surface area contributed by atoms with E-state index in [1.807, 2.05) is 19.1 Å². The van der Waals surface area contributed by atoms with E-state index >= 15 is 0 Å². The zero-order valence-electron chi connectivity index (χ0n) is 8.77. The van der Waals surface area contributed by atoms with Crippen LogP contribution >= 0.6 is 11.3 Å². The highest BCUT2D eigenvalue weighted by atomic mass is 32.1. The first-order chi connectivity index (χ1) is 7.19. The molecule has 15 heavy (non-hydrogen) atoms. The highest BCUT2D eigenvalue weighted by Gasteiger charge is 2.15. The Morgan fingerprint density at radius 3 is 2.87 bits per heavy atom. The van der Waals surface area contributed by atoms with E-state index in [9.17, 15) is 4.79 Å². The minimum Gasteiger partial charge on any atom is -0.395 e. The van der Waals surface area contributed by atoms with E-state index < -0.39 is 0 Å². The largest absolute Gasteiger partial charge is 0.395 e. The standard InChI is InChI=1S/C11H15NO2S/c1-3-6-12(7-8-13)11(14)10-5-4-9(2)15-10/h3-5,13H,1,6-8H2,2H3. The summed E-state index contributed by atoms with van der Waals surface area (Å²) in [5.41, 5.74) is 0. The molecule has 0 aliphatic rings. The zero-order chi connectivity index (χ0) is 11.3. The second-order valence-corrected chi connectivity index (χ2v) is 4.46. The molecule has 0 aliphatic carbocycles. The van der Waals surface area contributed by atoms with Gasteiger partial charge in [-0.3, -0.25) is 4.79 Å². The molecule has 1 rings (SSSR count). The molecule has 0 radical (unpaired) electrons. The molecule has 1 aromatic heterocycles. The Bertz CT molecular complexity index is 346. The van der Waals surface area contributed by atoms with Crippen molar-refractivity contribution in [2.75, 3.05) is 19.7 Å². The van der Waals surface area contributed by atoms with Gasteiger partial charge in [-0.1, -0.05) is 6.08 Å². The zero-order valence-corrected chi connectivity index (χ0v) is 9.59. The highest BCUT2D eigenvalue weighted by molar-refractivity contribution is 7.13. The summed E-state index contributed by atoms with van der Waals surface area (Å²) in [6.45, 7) is 6.35. The van der Waals surface area contributed by atoms with E-state index in [0.29, 0.717) is 18.0 Å². The maximum absolute atomic E-state index is 11.9. The molecule has 4 heteroatoms. The van der Waals surface area contributed by atoms with Crippen molar-refractivity contribution in [3.8, 4) is 0 Å². The summed E-state index contributed by atoms with van der Waals surface area (Å²) in [5, 5.41) is 8.84. The molecular formula is C11H15NO2S. The van der Waals surface area contributed by atoms with Crippen LogP contribution in [0.25, 0.3) is 0 Å². The lowest BCUT2D eigenvalue weighted by atomic mass is 10.3. The van der Waals surface area contributed by atoms with Crippen molar-refractivity contribution in [3.63, 3.8) is 0 Å². The fraction of sp³-hybridized carbons (Fsp3) is 0.364. The SMILES string of the molecule is C=CCN(CCO)C(=O)c1ccc(C)s1. The van der Waals surface area contributed by atoms with E-state index in [-0.39, 0.29) is 12.5 Å². The van der Waals surface area contributed by atoms with Crippen LogP contribution in [0.2, 0.25) is 0 Å². The van der Waals surface area contributed by atoms with Crippen LogP contribution in [-0.2, 0) is 0 Å². The molecule has 0 unspecified atom stereocenters. The van der Waals surface area contributed by atoms with Crippen LogP contribution in [0.3, 0.4) is 0 Å². The fourth-order valence-corrected chi connectivity index (χ4v) is 2.09. The summed E-state index contributed by atoms with van der Waals surface area (Å²) in [6.07, 6.45) is 1.66. The van der Waals surface area contributed by atoms with Gasteiger partial charge in [-0.05, 0) is 19.1 Å². The molecule has 82 valence electrons. The first-order valence-corrected chi connectivity index (χ1v) is 5.58. The second kappa shape index (κ2) is 5.68. The molecule has 1 heterocycles. The third-order valence-corrected chi connectivity index (χ3v) is 2.95. The molecule has 1 aromatic rings. The topological polar surface area (TPSA) is 40.5 Å². The van der Waals surface area contributed by atoms with Crippen LogP contribution < -0.4 is 0 Å². The van der Waals surface area contributed by atoms with Gasteiger partial charge in [-0.2, -0.15) is 0 Å². The Kier molecular flexibility index (Phi) is 4.52. The predicted molar refractivity (Wildman–Crippen MR) is 62.2 cm³/mol. The number of hydrogen-bond acceptors (Lipinski definition) is 3. The van der Waals surface area contributed by atoms with Crippen LogP contribution in [0.15, 0.2) is 24.8 Å². The van der Waals surface area contributed by atoms with Gasteiger partial charge >= 0.3 is 0 Å². The van der Waals surface area contributed by atoms with Crippen molar-refractivity contribution in [1.82, 2.24) is 4.90 Å². The number of thiophene rings is 1. The molecule has 0 atom stereocenters. The average molecular weight is 225 g/mol. The number of aryl methyl sites for hydroxylation is 1. The summed E-state index contributed by atoms with van der Waals surface area (Å²) >= 11 is 1.47. The van der Waals surface area contributed by atoms with Gasteiger partial charge in [0.2, 0.25) is 0 Å². The van der Waals surface area contributed by atoms with Crippen LogP contribution in [-0.4, -0.2) is 35.6 Å². The monoisotopic (exact) mass is 225 g/mol. The van der Waals surface area contributed by atoms with Crippen molar-refractivity contribution in [3.05, 3.63) is 34.5 Å². The van der Waals surface area contributed by atoms with Gasteiger partial charge in [-0.25, -0.2) is 0 Å². The minimum absolute atomic E-state index is 0.0239. The molecule has 0 bridgehead atoms. The average Bonchev–Trinajstić information content (AvgIpc) is 2.63. The minimum atomic E-state index is -0.0398. The molecule has 0 fully saturated rings. The van der Waals surface area contributed by atoms with E-state index in [1.54, 1.807) is 11.0 Å². The highest BCUT2D eigenvalue weighted by Crippen LogP contribution is 2.17. The number of carbonyl (C=O) groups excluding carboxylic acids is 1. The first-order valence-electron chi connectivity index (χ1n) is 4.76. The van der Waals surface area contributed by atoms with Gasteiger partial charge in [0.15, 0.2) is 0 Å². The summed E-state index contributed by atoms with van der Waals surface area (Å²) in [5.74, 6) is -0.0398. The predicted octanol–water partition coefficient (Wildman–Crippen LogP) is 1.68. The van der Waals surface area contributed by atoms with Crippen LogP contribution in [0, 0.1) is 6.92 Å². The van der Waals surface area contributed by atoms with E-state index in [4.69, 9.17) is 5.11 Å². The van der Waals surface area contributed by atoms with Crippen molar-refractivity contribution in [1.29, 1.82) is 0 Å². The Hall–Kier alpha value is -1.13. The lowest BCUT2D eigenvalue weighted by Gasteiger charge is -2.18. The first kappa shape index (κ1) is 11.9. The van der Waals surface area contributed by atoms with Gasteiger partial charge in [0, 0.05) is 18.0 Å². The number of aliphatic hydroxyl groups excluding tert-OH is 1. The summed E-state index contributed by atoms with van der Waals surface area (Å²) in [7, 11) is 0. The van der Waals surface area contributed by atoms with Gasteiger partial charge in [0.25, 0.3) is 5.91 Å². The Labute approximate surface area is 93.7 Å². The van der Waals surface area contributed by atoms with Crippen molar-refractivity contribution in [2.24, 2.45) is 0 Å². The number of hydrogen-bond donors (Lipinski definition) is 1. The fourth-order valence-electron chi connectivity index (χ4n) is 1.26. The molecule has 0 saturated heterocycles. The lowest BCUT2D eigenvalue weighted by Crippen LogP contribution is -2.33. The third-order valence-electron chi connectivity index (χ3n) is 1.96. The van der Waals surface area contributed by atoms with Crippen LogP contribution in [0.4, 0.5) is 0 Å². The van der Waals surface area contributed by atoms with Crippen LogP contribution in [0.5, 0.6) is 0 Å². The number of amides is 1. The maximum atomic E-state index is 11.9. The second-order valence-electron chi connectivity index (χ2n) is 3.17. The van der Waals surface area contributed by atoms with E-state index in [1.165, 1.54) is 11.3 Å². The number of rotatable bonds is 5. The van der Waals surface area contributed by atoms with E-state index in [2.05, 4.69) is 6.58 Å². The molecule has 0 aromatic carbocycles. The van der Waals surface area contributed by atoms with E-state index in [0.717, 1.165) is 4.88 Å². The van der Waals surface area contributed by atoms with Gasteiger partial charge in [0.1, 0.15) is 0 Å².